The van der Waals surface area contributed by atoms with Gasteiger partial charge in [0.2, 0.25) is 0 Å². The number of carbonyl (C=O) groups excluding carboxylic acids is 1. The second kappa shape index (κ2) is 11.2. The largest absolute Gasteiger partial charge is 0.497 e. The van der Waals surface area contributed by atoms with Crippen LogP contribution in [0.3, 0.4) is 0 Å². The molecule has 4 aromatic rings. The highest BCUT2D eigenvalue weighted by Crippen LogP contribution is 2.28. The molecule has 0 atom stereocenters. The van der Waals surface area contributed by atoms with E-state index in [-0.39, 0.29) is 15.7 Å². The maximum Gasteiger partial charge on any atom is 0.264 e. The number of hydrazone groups is 1. The molecule has 0 spiro atoms. The van der Waals surface area contributed by atoms with Crippen LogP contribution in [0.15, 0.2) is 82.8 Å². The van der Waals surface area contributed by atoms with Gasteiger partial charge in [-0.3, -0.25) is 9.10 Å². The van der Waals surface area contributed by atoms with Gasteiger partial charge in [-0.1, -0.05) is 47.5 Å². The van der Waals surface area contributed by atoms with Crippen LogP contribution in [-0.2, 0) is 14.8 Å². The molecule has 0 fully saturated rings. The van der Waals surface area contributed by atoms with Gasteiger partial charge in [-0.2, -0.15) is 5.10 Å². The molecule has 3 aromatic carbocycles. The van der Waals surface area contributed by atoms with Crippen molar-refractivity contribution in [1.82, 2.24) is 10.4 Å². The van der Waals surface area contributed by atoms with E-state index in [2.05, 4.69) is 15.5 Å². The molecule has 11 heteroatoms. The molecule has 1 N–H and O–H groups in total. The number of nitrogens with one attached hydrogen (secondary N) is 1. The number of pyridine rings is 1. The lowest BCUT2D eigenvalue weighted by Gasteiger charge is -2.24. The maximum atomic E-state index is 13.4. The normalized spacial score (nSPS) is 11.6. The van der Waals surface area contributed by atoms with Gasteiger partial charge in [-0.15, -0.1) is 0 Å². The van der Waals surface area contributed by atoms with Crippen molar-refractivity contribution in [3.05, 3.63) is 94.1 Å². The molecule has 0 aliphatic heterocycles. The van der Waals surface area contributed by atoms with Crippen molar-refractivity contribution < 1.29 is 17.9 Å². The topological polar surface area (TPSA) is 101 Å². The van der Waals surface area contributed by atoms with Crippen molar-refractivity contribution in [2.45, 2.75) is 11.8 Å². The monoisotopic (exact) mass is 556 g/mol. The summed E-state index contributed by atoms with van der Waals surface area (Å²) in [6, 6.07) is 19.7. The summed E-state index contributed by atoms with van der Waals surface area (Å²) in [6.45, 7) is 1.27. The van der Waals surface area contributed by atoms with Crippen LogP contribution in [0.25, 0.3) is 10.9 Å². The van der Waals surface area contributed by atoms with Gasteiger partial charge in [0.1, 0.15) is 17.4 Å². The van der Waals surface area contributed by atoms with Crippen molar-refractivity contribution in [3.63, 3.8) is 0 Å². The number of fused-ring (bicyclic) bond motifs is 1. The molecule has 4 rings (SSSR count). The van der Waals surface area contributed by atoms with Crippen molar-refractivity contribution in [1.29, 1.82) is 0 Å². The number of aryl methyl sites for hydroxylation is 1. The summed E-state index contributed by atoms with van der Waals surface area (Å²) in [7, 11) is -2.51. The number of halogens is 2. The number of carbonyl (C=O) groups is 1. The Morgan fingerprint density at radius 2 is 1.84 bits per heavy atom. The lowest BCUT2D eigenvalue weighted by atomic mass is 10.1. The zero-order chi connectivity index (χ0) is 26.6. The Morgan fingerprint density at radius 1 is 1.08 bits per heavy atom. The number of sulfonamides is 1. The van der Waals surface area contributed by atoms with Crippen molar-refractivity contribution in [3.8, 4) is 5.75 Å². The lowest BCUT2D eigenvalue weighted by Crippen LogP contribution is -2.39. The van der Waals surface area contributed by atoms with E-state index in [1.54, 1.807) is 62.6 Å². The smallest absolute Gasteiger partial charge is 0.264 e. The third kappa shape index (κ3) is 6.02. The molecule has 0 saturated carbocycles. The summed E-state index contributed by atoms with van der Waals surface area (Å²) in [4.78, 5) is 17.2. The molecule has 8 nitrogen and oxygen atoms in total. The lowest BCUT2D eigenvalue weighted by molar-refractivity contribution is -0.119. The van der Waals surface area contributed by atoms with Crippen LogP contribution in [0, 0.1) is 6.92 Å². The van der Waals surface area contributed by atoms with Gasteiger partial charge >= 0.3 is 0 Å². The van der Waals surface area contributed by atoms with E-state index < -0.39 is 22.5 Å². The summed E-state index contributed by atoms with van der Waals surface area (Å²) in [5.41, 5.74) is 4.49. The number of ether oxygens (including phenoxy) is 1. The van der Waals surface area contributed by atoms with Crippen LogP contribution in [0.1, 0.15) is 11.1 Å². The Labute approximate surface area is 224 Å². The number of rotatable bonds is 8. The molecule has 0 saturated heterocycles. The van der Waals surface area contributed by atoms with Crippen LogP contribution in [0.4, 0.5) is 5.69 Å². The van der Waals surface area contributed by atoms with Gasteiger partial charge in [0.05, 0.1) is 29.4 Å². The number of methoxy groups -OCH3 is 1. The van der Waals surface area contributed by atoms with Crippen LogP contribution >= 0.6 is 23.2 Å². The van der Waals surface area contributed by atoms with Crippen LogP contribution < -0.4 is 14.5 Å². The highest BCUT2D eigenvalue weighted by atomic mass is 35.5. The first-order valence-corrected chi connectivity index (χ1v) is 13.2. The van der Waals surface area contributed by atoms with Gasteiger partial charge < -0.3 is 4.74 Å². The maximum absolute atomic E-state index is 13.4. The third-order valence-corrected chi connectivity index (χ3v) is 7.96. The fourth-order valence-corrected chi connectivity index (χ4v) is 5.27. The van der Waals surface area contributed by atoms with Gasteiger partial charge in [0, 0.05) is 22.0 Å². The molecule has 1 amide bonds. The summed E-state index contributed by atoms with van der Waals surface area (Å²) in [5, 5.41) is 5.31. The molecule has 0 unspecified atom stereocenters. The number of hydrogen-bond acceptors (Lipinski definition) is 6. The first kappa shape index (κ1) is 26.4. The molecule has 37 heavy (non-hydrogen) atoms. The molecule has 0 aliphatic rings. The van der Waals surface area contributed by atoms with Gasteiger partial charge in [0.15, 0.2) is 0 Å². The third-order valence-electron chi connectivity index (χ3n) is 5.46. The van der Waals surface area contributed by atoms with E-state index in [0.717, 1.165) is 15.3 Å². The van der Waals surface area contributed by atoms with Crippen LogP contribution in [-0.4, -0.2) is 39.2 Å². The number of amides is 1. The zero-order valence-corrected chi connectivity index (χ0v) is 22.2. The van der Waals surface area contributed by atoms with E-state index in [1.807, 2.05) is 6.07 Å². The Bertz CT molecular complexity index is 1600. The van der Waals surface area contributed by atoms with Crippen LogP contribution in [0.5, 0.6) is 5.75 Å². The van der Waals surface area contributed by atoms with Gasteiger partial charge in [0.25, 0.3) is 15.9 Å². The average molecular weight is 557 g/mol. The van der Waals surface area contributed by atoms with E-state index >= 15 is 0 Å². The molecule has 190 valence electrons. The van der Waals surface area contributed by atoms with Gasteiger partial charge in [-0.25, -0.2) is 18.8 Å². The summed E-state index contributed by atoms with van der Waals surface area (Å²) in [5.74, 6) is -0.0170. The Morgan fingerprint density at radius 3 is 2.54 bits per heavy atom. The highest BCUT2D eigenvalue weighted by molar-refractivity contribution is 7.92. The molecule has 1 heterocycles. The number of anilines is 1. The highest BCUT2D eigenvalue weighted by Gasteiger charge is 2.27. The molecule has 0 bridgehead atoms. The summed E-state index contributed by atoms with van der Waals surface area (Å²) >= 11 is 12.5. The van der Waals surface area contributed by atoms with Crippen LogP contribution in [0.2, 0.25) is 10.2 Å². The zero-order valence-electron chi connectivity index (χ0n) is 19.9. The predicted octanol–water partition coefficient (Wildman–Crippen LogP) is 5.20. The van der Waals surface area contributed by atoms with E-state index in [9.17, 15) is 13.2 Å². The first-order valence-electron chi connectivity index (χ1n) is 11.0. The summed E-state index contributed by atoms with van der Waals surface area (Å²) in [6.07, 6.45) is 1.34. The minimum atomic E-state index is -4.07. The van der Waals surface area contributed by atoms with Crippen molar-refractivity contribution >= 4 is 61.9 Å². The molecular weight excluding hydrogens is 535 g/mol. The predicted molar refractivity (Wildman–Crippen MR) is 146 cm³/mol. The second-order valence-electron chi connectivity index (χ2n) is 7.98. The minimum Gasteiger partial charge on any atom is -0.497 e. The van der Waals surface area contributed by atoms with Crippen molar-refractivity contribution in [2.75, 3.05) is 18.0 Å². The van der Waals surface area contributed by atoms with E-state index in [4.69, 9.17) is 27.9 Å². The molecule has 1 aromatic heterocycles. The standard InChI is InChI=1S/C26H22Cl2N4O4S/c1-17-8-10-20(13-23(17)27)32(37(34,35)22-6-4-3-5-7-22)16-25(33)31-29-15-19-12-18-9-11-21(36-2)14-24(18)30-26(19)28/h3-15H,16H2,1-2H3,(H,31,33)/b29-15-. The number of nitrogens with zero attached hydrogens (tertiary/aromatic N) is 3. The average Bonchev–Trinajstić information content (AvgIpc) is 2.89. The van der Waals surface area contributed by atoms with E-state index in [1.165, 1.54) is 24.4 Å². The quantitative estimate of drug-likeness (QED) is 0.182. The number of benzene rings is 3. The Balaban J connectivity index is 1.57. The SMILES string of the molecule is COc1ccc2cc(/C=N\NC(=O)CN(c3ccc(C)c(Cl)c3)S(=O)(=O)c3ccccc3)c(Cl)nc2c1. The number of aromatic nitrogens is 1. The minimum absolute atomic E-state index is 0.0358. The van der Waals surface area contributed by atoms with Gasteiger partial charge in [-0.05, 0) is 55.0 Å². The molecular formula is C26H22Cl2N4O4S. The molecule has 0 radical (unpaired) electrons. The molecule has 0 aliphatic carbocycles. The fourth-order valence-electron chi connectivity index (χ4n) is 3.47. The fraction of sp³-hybridized carbons (Fsp3) is 0.115. The second-order valence-corrected chi connectivity index (χ2v) is 10.6. The summed E-state index contributed by atoms with van der Waals surface area (Å²) < 4.78 is 33.0. The number of hydrogen-bond donors (Lipinski definition) is 1. The van der Waals surface area contributed by atoms with Crippen molar-refractivity contribution in [2.24, 2.45) is 5.10 Å². The Hall–Kier alpha value is -3.66. The Kier molecular flexibility index (Phi) is 7.97. The van der Waals surface area contributed by atoms with E-state index in [0.29, 0.717) is 21.9 Å². The first-order chi connectivity index (χ1) is 17.7.